The van der Waals surface area contributed by atoms with Crippen LogP contribution >= 0.6 is 11.6 Å². The molecule has 0 aliphatic carbocycles. The van der Waals surface area contributed by atoms with Gasteiger partial charge in [0.2, 0.25) is 12.7 Å². The van der Waals surface area contributed by atoms with E-state index in [1.807, 2.05) is 24.3 Å². The molecule has 4 rings (SSSR count). The Morgan fingerprint density at radius 3 is 2.65 bits per heavy atom. The van der Waals surface area contributed by atoms with Crippen molar-refractivity contribution in [2.75, 3.05) is 24.5 Å². The molecular weight excluding hydrogens is 356 g/mol. The van der Waals surface area contributed by atoms with E-state index >= 15 is 0 Å². The molecule has 0 unspecified atom stereocenters. The predicted octanol–water partition coefficient (Wildman–Crippen LogP) is 4.35. The number of nitrogens with one attached hydrogen (secondary N) is 2. The number of methoxy groups -OCH3 is 1. The molecule has 1 aliphatic heterocycles. The SMILES string of the molecule is COc1ccc(Nc2ccnc(Nc3ccc4c(c3)OCO4)n2)cc1Cl. The summed E-state index contributed by atoms with van der Waals surface area (Å²) in [5.74, 6) is 3.11. The van der Waals surface area contributed by atoms with E-state index in [2.05, 4.69) is 20.6 Å². The van der Waals surface area contributed by atoms with Crippen LogP contribution in [0, 0.1) is 0 Å². The average molecular weight is 371 g/mol. The van der Waals surface area contributed by atoms with Crippen molar-refractivity contribution in [1.29, 1.82) is 0 Å². The van der Waals surface area contributed by atoms with E-state index in [-0.39, 0.29) is 6.79 Å². The van der Waals surface area contributed by atoms with Crippen LogP contribution in [0.3, 0.4) is 0 Å². The summed E-state index contributed by atoms with van der Waals surface area (Å²) in [5, 5.41) is 6.85. The molecule has 0 atom stereocenters. The molecule has 2 N–H and O–H groups in total. The van der Waals surface area contributed by atoms with Gasteiger partial charge in [0.15, 0.2) is 11.5 Å². The van der Waals surface area contributed by atoms with E-state index in [9.17, 15) is 0 Å². The molecule has 26 heavy (non-hydrogen) atoms. The maximum atomic E-state index is 6.15. The number of benzene rings is 2. The van der Waals surface area contributed by atoms with Crippen molar-refractivity contribution < 1.29 is 14.2 Å². The van der Waals surface area contributed by atoms with Crippen molar-refractivity contribution in [3.05, 3.63) is 53.7 Å². The van der Waals surface area contributed by atoms with Crippen molar-refractivity contribution in [2.45, 2.75) is 0 Å². The van der Waals surface area contributed by atoms with Gasteiger partial charge in [0.1, 0.15) is 11.6 Å². The third kappa shape index (κ3) is 3.43. The molecule has 0 bridgehead atoms. The minimum Gasteiger partial charge on any atom is -0.495 e. The molecule has 0 radical (unpaired) electrons. The van der Waals surface area contributed by atoms with Crippen LogP contribution in [0.4, 0.5) is 23.1 Å². The Morgan fingerprint density at radius 1 is 1.00 bits per heavy atom. The molecule has 2 heterocycles. The highest BCUT2D eigenvalue weighted by Gasteiger charge is 2.13. The second-order valence-electron chi connectivity index (χ2n) is 5.43. The van der Waals surface area contributed by atoms with Crippen LogP contribution in [-0.4, -0.2) is 23.9 Å². The summed E-state index contributed by atoms with van der Waals surface area (Å²) in [4.78, 5) is 8.68. The van der Waals surface area contributed by atoms with E-state index in [1.54, 1.807) is 31.5 Å². The zero-order valence-corrected chi connectivity index (χ0v) is 14.6. The van der Waals surface area contributed by atoms with Crippen LogP contribution in [0.2, 0.25) is 5.02 Å². The fraction of sp³-hybridized carbons (Fsp3) is 0.111. The van der Waals surface area contributed by atoms with E-state index < -0.39 is 0 Å². The summed E-state index contributed by atoms with van der Waals surface area (Å²) in [6.45, 7) is 0.235. The third-order valence-corrected chi connectivity index (χ3v) is 4.00. The van der Waals surface area contributed by atoms with Gasteiger partial charge in [0.05, 0.1) is 12.1 Å². The topological polar surface area (TPSA) is 77.5 Å². The molecule has 1 aromatic heterocycles. The molecule has 132 valence electrons. The Kier molecular flexibility index (Phi) is 4.37. The smallest absolute Gasteiger partial charge is 0.231 e. The zero-order chi connectivity index (χ0) is 17.9. The van der Waals surface area contributed by atoms with Crippen molar-refractivity contribution in [3.8, 4) is 17.2 Å². The van der Waals surface area contributed by atoms with E-state index in [0.29, 0.717) is 28.3 Å². The van der Waals surface area contributed by atoms with Gasteiger partial charge in [-0.3, -0.25) is 0 Å². The lowest BCUT2D eigenvalue weighted by molar-refractivity contribution is 0.174. The van der Waals surface area contributed by atoms with Crippen molar-refractivity contribution in [2.24, 2.45) is 0 Å². The Balaban J connectivity index is 1.50. The number of halogens is 1. The minimum absolute atomic E-state index is 0.235. The summed E-state index contributed by atoms with van der Waals surface area (Å²) >= 11 is 6.15. The second kappa shape index (κ2) is 6.97. The maximum Gasteiger partial charge on any atom is 0.231 e. The lowest BCUT2D eigenvalue weighted by Gasteiger charge is -2.10. The molecule has 0 saturated carbocycles. The molecule has 7 nitrogen and oxygen atoms in total. The van der Waals surface area contributed by atoms with E-state index in [0.717, 1.165) is 17.1 Å². The minimum atomic E-state index is 0.235. The first kappa shape index (κ1) is 16.3. The number of anilines is 4. The molecule has 0 spiro atoms. The van der Waals surface area contributed by atoms with Gasteiger partial charge in [-0.15, -0.1) is 0 Å². The van der Waals surface area contributed by atoms with Crippen molar-refractivity contribution in [3.63, 3.8) is 0 Å². The standard InChI is InChI=1S/C18H15ClN4O3/c1-24-14-4-2-11(8-13(14)19)21-17-6-7-20-18(23-17)22-12-3-5-15-16(9-12)26-10-25-15/h2-9H,10H2,1H3,(H2,20,21,22,23). The van der Waals surface area contributed by atoms with Crippen LogP contribution in [0.1, 0.15) is 0 Å². The number of fused-ring (bicyclic) bond motifs is 1. The first-order valence-electron chi connectivity index (χ1n) is 7.81. The van der Waals surface area contributed by atoms with Gasteiger partial charge in [0.25, 0.3) is 0 Å². The summed E-state index contributed by atoms with van der Waals surface area (Å²) < 4.78 is 15.8. The molecule has 0 saturated heterocycles. The van der Waals surface area contributed by atoms with Crippen LogP contribution in [0.25, 0.3) is 0 Å². The quantitative estimate of drug-likeness (QED) is 0.691. The zero-order valence-electron chi connectivity index (χ0n) is 13.8. The monoisotopic (exact) mass is 370 g/mol. The number of nitrogens with zero attached hydrogens (tertiary/aromatic N) is 2. The van der Waals surface area contributed by atoms with Gasteiger partial charge < -0.3 is 24.8 Å². The van der Waals surface area contributed by atoms with Crippen molar-refractivity contribution >= 4 is 34.7 Å². The average Bonchev–Trinajstić information content (AvgIpc) is 3.10. The second-order valence-corrected chi connectivity index (χ2v) is 5.84. The van der Waals surface area contributed by atoms with E-state index in [1.165, 1.54) is 0 Å². The lowest BCUT2D eigenvalue weighted by Crippen LogP contribution is -2.00. The highest BCUT2D eigenvalue weighted by atomic mass is 35.5. The van der Waals surface area contributed by atoms with E-state index in [4.69, 9.17) is 25.8 Å². The van der Waals surface area contributed by atoms with Gasteiger partial charge in [0, 0.05) is 23.6 Å². The molecular formula is C18H15ClN4O3. The molecule has 2 aromatic carbocycles. The fourth-order valence-electron chi connectivity index (χ4n) is 2.48. The Bertz CT molecular complexity index is 951. The molecule has 1 aliphatic rings. The van der Waals surface area contributed by atoms with Crippen LogP contribution in [-0.2, 0) is 0 Å². The van der Waals surface area contributed by atoms with Gasteiger partial charge in [-0.2, -0.15) is 4.98 Å². The van der Waals surface area contributed by atoms with Gasteiger partial charge in [-0.25, -0.2) is 4.98 Å². The number of hydrogen-bond acceptors (Lipinski definition) is 7. The Hall–Kier alpha value is -3.19. The summed E-state index contributed by atoms with van der Waals surface area (Å²) in [6, 6.07) is 12.7. The highest BCUT2D eigenvalue weighted by molar-refractivity contribution is 6.32. The third-order valence-electron chi connectivity index (χ3n) is 3.71. The molecule has 8 heteroatoms. The Morgan fingerprint density at radius 2 is 1.81 bits per heavy atom. The summed E-state index contributed by atoms with van der Waals surface area (Å²) in [7, 11) is 1.58. The predicted molar refractivity (Wildman–Crippen MR) is 99.2 cm³/mol. The first-order chi connectivity index (χ1) is 12.7. The van der Waals surface area contributed by atoms with Gasteiger partial charge in [-0.1, -0.05) is 11.6 Å². The van der Waals surface area contributed by atoms with Gasteiger partial charge in [-0.05, 0) is 36.4 Å². The largest absolute Gasteiger partial charge is 0.495 e. The summed E-state index contributed by atoms with van der Waals surface area (Å²) in [5.41, 5.74) is 1.60. The molecule has 0 fully saturated rings. The number of hydrogen-bond donors (Lipinski definition) is 2. The molecule has 3 aromatic rings. The lowest BCUT2D eigenvalue weighted by atomic mass is 10.3. The summed E-state index contributed by atoms with van der Waals surface area (Å²) in [6.07, 6.45) is 1.66. The first-order valence-corrected chi connectivity index (χ1v) is 8.19. The highest BCUT2D eigenvalue weighted by Crippen LogP contribution is 2.35. The van der Waals surface area contributed by atoms with Gasteiger partial charge >= 0.3 is 0 Å². The molecule has 0 amide bonds. The number of ether oxygens (including phenoxy) is 3. The number of aromatic nitrogens is 2. The van der Waals surface area contributed by atoms with Crippen LogP contribution in [0.5, 0.6) is 17.2 Å². The normalized spacial score (nSPS) is 11.9. The maximum absolute atomic E-state index is 6.15. The van der Waals surface area contributed by atoms with Crippen molar-refractivity contribution in [1.82, 2.24) is 9.97 Å². The fourth-order valence-corrected chi connectivity index (χ4v) is 2.74. The van der Waals surface area contributed by atoms with Crippen LogP contribution < -0.4 is 24.8 Å². The Labute approximate surface area is 154 Å². The van der Waals surface area contributed by atoms with Crippen LogP contribution in [0.15, 0.2) is 48.7 Å². The number of rotatable bonds is 5.